The lowest BCUT2D eigenvalue weighted by Gasteiger charge is -2.18. The molecule has 1 atom stereocenters. The minimum absolute atomic E-state index is 0.0896. The van der Waals surface area contributed by atoms with Crippen molar-refractivity contribution in [3.05, 3.63) is 122 Å². The van der Waals surface area contributed by atoms with E-state index >= 15 is 0 Å². The summed E-state index contributed by atoms with van der Waals surface area (Å²) in [4.78, 5) is 38.2. The molecule has 6 nitrogen and oxygen atoms in total. The van der Waals surface area contributed by atoms with Crippen LogP contribution in [0.5, 0.6) is 0 Å². The first-order chi connectivity index (χ1) is 39.0. The topological polar surface area (TPSA) is 78.9 Å². The fourth-order valence-electron chi connectivity index (χ4n) is 9.06. The first kappa shape index (κ1) is 74.8. The molecular weight excluding hydrogens is 973 g/mol. The molecule has 0 rings (SSSR count). The lowest BCUT2D eigenvalue weighted by Crippen LogP contribution is -2.30. The predicted octanol–water partition coefficient (Wildman–Crippen LogP) is 22.8. The van der Waals surface area contributed by atoms with Gasteiger partial charge in [0.1, 0.15) is 13.2 Å². The zero-order valence-electron chi connectivity index (χ0n) is 51.6. The summed E-state index contributed by atoms with van der Waals surface area (Å²) in [6.07, 6.45) is 92.3. The molecule has 0 aliphatic heterocycles. The number of rotatable bonds is 59. The maximum absolute atomic E-state index is 12.9. The van der Waals surface area contributed by atoms with Gasteiger partial charge in [-0.25, -0.2) is 0 Å². The van der Waals surface area contributed by atoms with Crippen LogP contribution in [-0.4, -0.2) is 37.2 Å². The second kappa shape index (κ2) is 66.3. The van der Waals surface area contributed by atoms with Crippen molar-refractivity contribution in [2.75, 3.05) is 13.2 Å². The monoisotopic (exact) mass is 1090 g/mol. The summed E-state index contributed by atoms with van der Waals surface area (Å²) in [6, 6.07) is 0. The second-order valence-corrected chi connectivity index (χ2v) is 21.7. The largest absolute Gasteiger partial charge is 0.462 e. The minimum Gasteiger partial charge on any atom is -0.462 e. The first-order valence-electron chi connectivity index (χ1n) is 33.0. The Kier molecular flexibility index (Phi) is 62.8. The van der Waals surface area contributed by atoms with Crippen LogP contribution in [0.2, 0.25) is 0 Å². The van der Waals surface area contributed by atoms with Crippen LogP contribution in [0.25, 0.3) is 0 Å². The van der Waals surface area contributed by atoms with Crippen LogP contribution in [0.4, 0.5) is 0 Å². The fraction of sp³-hybridized carbons (Fsp3) is 0.685. The molecule has 0 heterocycles. The van der Waals surface area contributed by atoms with Crippen LogP contribution in [0.3, 0.4) is 0 Å². The zero-order valence-corrected chi connectivity index (χ0v) is 51.6. The van der Waals surface area contributed by atoms with Crippen molar-refractivity contribution in [3.63, 3.8) is 0 Å². The van der Waals surface area contributed by atoms with Gasteiger partial charge in [0.25, 0.3) is 0 Å². The molecule has 0 saturated carbocycles. The number of hydrogen-bond donors (Lipinski definition) is 0. The van der Waals surface area contributed by atoms with E-state index < -0.39 is 6.10 Å². The summed E-state index contributed by atoms with van der Waals surface area (Å²) in [5.41, 5.74) is 0. The molecule has 450 valence electrons. The molecule has 0 spiro atoms. The van der Waals surface area contributed by atoms with Crippen LogP contribution in [0.15, 0.2) is 122 Å². The number of carbonyl (C=O) groups is 3. The molecule has 0 bridgehead atoms. The normalized spacial score (nSPS) is 12.9. The summed E-state index contributed by atoms with van der Waals surface area (Å²) >= 11 is 0. The molecule has 0 amide bonds. The number of esters is 3. The number of unbranched alkanes of at least 4 members (excludes halogenated alkanes) is 28. The Morgan fingerprint density at radius 3 is 0.772 bits per heavy atom. The van der Waals surface area contributed by atoms with Crippen LogP contribution in [-0.2, 0) is 28.6 Å². The Balaban J connectivity index is 4.29. The molecule has 0 N–H and O–H groups in total. The Morgan fingerprint density at radius 1 is 0.266 bits per heavy atom. The molecule has 0 fully saturated rings. The predicted molar refractivity (Wildman–Crippen MR) is 343 cm³/mol. The molecule has 79 heavy (non-hydrogen) atoms. The molecule has 0 aromatic carbocycles. The number of allylic oxidation sites excluding steroid dienone is 20. The Hall–Kier alpha value is -4.19. The van der Waals surface area contributed by atoms with Crippen molar-refractivity contribution in [2.45, 2.75) is 309 Å². The van der Waals surface area contributed by atoms with Crippen LogP contribution < -0.4 is 0 Å². The van der Waals surface area contributed by atoms with Gasteiger partial charge in [-0.1, -0.05) is 309 Å². The number of hydrogen-bond acceptors (Lipinski definition) is 6. The maximum Gasteiger partial charge on any atom is 0.306 e. The van der Waals surface area contributed by atoms with E-state index in [0.717, 1.165) is 122 Å². The molecule has 0 aliphatic carbocycles. The summed E-state index contributed by atoms with van der Waals surface area (Å²) in [5.74, 6) is -0.930. The van der Waals surface area contributed by atoms with Gasteiger partial charge in [-0.2, -0.15) is 0 Å². The van der Waals surface area contributed by atoms with E-state index in [1.54, 1.807) is 0 Å². The van der Waals surface area contributed by atoms with E-state index in [1.165, 1.54) is 141 Å². The molecule has 0 aromatic heterocycles. The molecule has 0 aliphatic rings. The molecule has 6 heteroatoms. The van der Waals surface area contributed by atoms with Crippen molar-refractivity contribution in [3.8, 4) is 0 Å². The van der Waals surface area contributed by atoms with Crippen LogP contribution in [0.1, 0.15) is 303 Å². The van der Waals surface area contributed by atoms with Gasteiger partial charge in [-0.05, 0) is 96.3 Å². The molecule has 0 radical (unpaired) electrons. The van der Waals surface area contributed by atoms with Crippen molar-refractivity contribution in [1.82, 2.24) is 0 Å². The van der Waals surface area contributed by atoms with Gasteiger partial charge < -0.3 is 14.2 Å². The van der Waals surface area contributed by atoms with Crippen molar-refractivity contribution in [2.24, 2.45) is 0 Å². The fourth-order valence-corrected chi connectivity index (χ4v) is 9.06. The minimum atomic E-state index is -0.795. The van der Waals surface area contributed by atoms with Crippen LogP contribution in [0, 0.1) is 0 Å². The van der Waals surface area contributed by atoms with E-state index in [9.17, 15) is 14.4 Å². The quantitative estimate of drug-likeness (QED) is 0.0261. The van der Waals surface area contributed by atoms with Crippen LogP contribution >= 0.6 is 0 Å². The third-order valence-corrected chi connectivity index (χ3v) is 14.0. The Bertz CT molecular complexity index is 1640. The van der Waals surface area contributed by atoms with Gasteiger partial charge >= 0.3 is 17.9 Å². The highest BCUT2D eigenvalue weighted by Crippen LogP contribution is 2.16. The van der Waals surface area contributed by atoms with Gasteiger partial charge in [0, 0.05) is 19.3 Å². The van der Waals surface area contributed by atoms with Gasteiger partial charge in [0.2, 0.25) is 0 Å². The summed E-state index contributed by atoms with van der Waals surface area (Å²) < 4.78 is 16.8. The molecular formula is C73H122O6. The summed E-state index contributed by atoms with van der Waals surface area (Å²) in [7, 11) is 0. The number of ether oxygens (including phenoxy) is 3. The highest BCUT2D eigenvalue weighted by atomic mass is 16.6. The van der Waals surface area contributed by atoms with E-state index in [2.05, 4.69) is 142 Å². The third-order valence-electron chi connectivity index (χ3n) is 14.0. The highest BCUT2D eigenvalue weighted by Gasteiger charge is 2.19. The first-order valence-corrected chi connectivity index (χ1v) is 33.0. The third kappa shape index (κ3) is 64.5. The molecule has 0 aromatic rings. The van der Waals surface area contributed by atoms with E-state index in [4.69, 9.17) is 14.2 Å². The lowest BCUT2D eigenvalue weighted by molar-refractivity contribution is -0.167. The van der Waals surface area contributed by atoms with E-state index in [1.807, 2.05) is 0 Å². The average molecular weight is 1100 g/mol. The number of carbonyl (C=O) groups excluding carboxylic acids is 3. The maximum atomic E-state index is 12.9. The van der Waals surface area contributed by atoms with Crippen molar-refractivity contribution in [1.29, 1.82) is 0 Å². The molecule has 1 unspecified atom stereocenters. The van der Waals surface area contributed by atoms with Gasteiger partial charge in [0.05, 0.1) is 0 Å². The smallest absolute Gasteiger partial charge is 0.306 e. The molecule has 0 saturated heterocycles. The van der Waals surface area contributed by atoms with E-state index in [-0.39, 0.29) is 31.1 Å². The van der Waals surface area contributed by atoms with E-state index in [0.29, 0.717) is 19.3 Å². The Morgan fingerprint density at radius 2 is 0.494 bits per heavy atom. The van der Waals surface area contributed by atoms with Gasteiger partial charge in [-0.15, -0.1) is 0 Å². The SMILES string of the molecule is CC/C=C\C/C=C\C/C=C\C/C=C\C/C=C\C/C=C\C/C=C\C/C=C\C/C=C\C/C=C\CCCCC(=O)OCC(COC(=O)CCCCCCCCCCC)OC(=O)CCCCCCCCCCCCCCCCCCCCC. The standard InChI is InChI=1S/C73H122O6/c1-4-7-10-13-16-19-21-23-25-27-29-30-31-32-33-34-35-36-37-38-39-40-41-42-44-45-47-49-51-54-57-60-63-66-72(75)78-69-70(68-77-71(74)65-62-59-56-53-18-15-12-9-6-3)79-73(76)67-64-61-58-55-52-50-48-46-43-28-26-24-22-20-17-14-11-8-5-2/h7,10,16,19,23,25,29-30,32-33,35-36,38-39,41-42,45,47,51,54,70H,4-6,8-9,11-15,17-18,20-22,24,26-28,31,34,37,40,43-44,46,48-50,52-53,55-69H2,1-3H3/b10-7-,19-16-,25-23-,30-29-,33-32-,36-35-,39-38-,42-41-,47-45-,54-51-. The average Bonchev–Trinajstić information content (AvgIpc) is 3.45. The lowest BCUT2D eigenvalue weighted by atomic mass is 10.0. The second-order valence-electron chi connectivity index (χ2n) is 21.7. The van der Waals surface area contributed by atoms with Crippen molar-refractivity contribution < 1.29 is 28.6 Å². The highest BCUT2D eigenvalue weighted by molar-refractivity contribution is 5.71. The zero-order chi connectivity index (χ0) is 57.1. The Labute approximate surface area is 488 Å². The van der Waals surface area contributed by atoms with Crippen molar-refractivity contribution >= 4 is 17.9 Å². The van der Waals surface area contributed by atoms with Gasteiger partial charge in [-0.3, -0.25) is 14.4 Å². The summed E-state index contributed by atoms with van der Waals surface area (Å²) in [6.45, 7) is 6.49. The summed E-state index contributed by atoms with van der Waals surface area (Å²) in [5, 5.41) is 0. The van der Waals surface area contributed by atoms with Gasteiger partial charge in [0.15, 0.2) is 6.10 Å².